The van der Waals surface area contributed by atoms with Crippen molar-refractivity contribution >= 4 is 35.2 Å². The average molecular weight is 288 g/mol. The third-order valence-electron chi connectivity index (χ3n) is 2.92. The molecule has 0 aliphatic rings. The predicted molar refractivity (Wildman–Crippen MR) is 76.9 cm³/mol. The molecule has 100 valence electrons. The Morgan fingerprint density at radius 3 is 2.90 bits per heavy atom. The van der Waals surface area contributed by atoms with Crippen molar-refractivity contribution in [1.29, 1.82) is 0 Å². The van der Waals surface area contributed by atoms with E-state index >= 15 is 0 Å². The minimum atomic E-state index is -0.0747. The summed E-state index contributed by atoms with van der Waals surface area (Å²) in [5.74, 6) is 0. The molecular weight excluding hydrogens is 279 g/mol. The van der Waals surface area contributed by atoms with Crippen LogP contribution in [-0.2, 0) is 0 Å². The molecule has 0 unspecified atom stereocenters. The second-order valence-electron chi connectivity index (χ2n) is 4.16. The lowest BCUT2D eigenvalue weighted by atomic mass is 10.1. The van der Waals surface area contributed by atoms with E-state index < -0.39 is 0 Å². The Balaban J connectivity index is 2.22. The first-order chi connectivity index (χ1) is 9.72. The Bertz CT molecular complexity index is 802. The van der Waals surface area contributed by atoms with Crippen LogP contribution in [0.3, 0.4) is 0 Å². The molecule has 0 saturated carbocycles. The molecule has 0 aliphatic heterocycles. The Labute approximate surface area is 118 Å². The van der Waals surface area contributed by atoms with Gasteiger partial charge < -0.3 is 5.73 Å². The molecule has 0 saturated heterocycles. The van der Waals surface area contributed by atoms with E-state index in [0.29, 0.717) is 28.6 Å². The number of aromatic nitrogens is 3. The topological polar surface area (TPSA) is 73.8 Å². The van der Waals surface area contributed by atoms with Gasteiger partial charge in [0.2, 0.25) is 0 Å². The predicted octanol–water partition coefficient (Wildman–Crippen LogP) is 2.87. The zero-order valence-electron chi connectivity index (χ0n) is 10.2. The summed E-state index contributed by atoms with van der Waals surface area (Å²) in [5.41, 5.74) is 8.46. The summed E-state index contributed by atoms with van der Waals surface area (Å²) >= 11 is -0.0747. The fourth-order valence-corrected chi connectivity index (χ4v) is 2.35. The molecule has 20 heavy (non-hydrogen) atoms. The standard InChI is InChI=1S/C13H9FN4OS/c14-20-18-13-6-16-11(5-10(13)12(7-19)17-18)8-2-1-3-9(15)4-8/h1-7H,15H2. The molecule has 5 nitrogen and oxygen atoms in total. The van der Waals surface area contributed by atoms with Crippen molar-refractivity contribution in [2.75, 3.05) is 5.73 Å². The Kier molecular flexibility index (Phi) is 3.11. The highest BCUT2D eigenvalue weighted by Crippen LogP contribution is 2.27. The van der Waals surface area contributed by atoms with Crippen LogP contribution in [0.25, 0.3) is 22.2 Å². The molecule has 0 amide bonds. The molecular formula is C13H9FN4OS. The highest BCUT2D eigenvalue weighted by Gasteiger charge is 2.13. The third-order valence-corrected chi connectivity index (χ3v) is 3.33. The van der Waals surface area contributed by atoms with Gasteiger partial charge in [0.15, 0.2) is 18.6 Å². The highest BCUT2D eigenvalue weighted by molar-refractivity contribution is 7.92. The van der Waals surface area contributed by atoms with Gasteiger partial charge in [0.1, 0.15) is 11.2 Å². The van der Waals surface area contributed by atoms with Crippen LogP contribution in [0.15, 0.2) is 36.5 Å². The molecule has 2 N–H and O–H groups in total. The zero-order valence-corrected chi connectivity index (χ0v) is 11.0. The van der Waals surface area contributed by atoms with Crippen molar-refractivity contribution in [3.8, 4) is 11.3 Å². The molecule has 7 heteroatoms. The first kappa shape index (κ1) is 12.6. The maximum absolute atomic E-state index is 12.7. The van der Waals surface area contributed by atoms with Crippen molar-refractivity contribution in [2.24, 2.45) is 0 Å². The number of benzene rings is 1. The van der Waals surface area contributed by atoms with Crippen molar-refractivity contribution in [3.05, 3.63) is 42.2 Å². The number of nitrogens with two attached hydrogens (primary N) is 1. The van der Waals surface area contributed by atoms with Crippen LogP contribution in [0.1, 0.15) is 10.5 Å². The fourth-order valence-electron chi connectivity index (χ4n) is 2.01. The molecule has 0 radical (unpaired) electrons. The van der Waals surface area contributed by atoms with E-state index in [1.807, 2.05) is 12.1 Å². The molecule has 2 heterocycles. The van der Waals surface area contributed by atoms with E-state index in [-0.39, 0.29) is 18.0 Å². The van der Waals surface area contributed by atoms with Crippen LogP contribution in [0.4, 0.5) is 9.57 Å². The van der Waals surface area contributed by atoms with Crippen molar-refractivity contribution in [3.63, 3.8) is 0 Å². The summed E-state index contributed by atoms with van der Waals surface area (Å²) in [6.45, 7) is 0. The summed E-state index contributed by atoms with van der Waals surface area (Å²) in [4.78, 5) is 15.3. The van der Waals surface area contributed by atoms with E-state index in [4.69, 9.17) is 5.73 Å². The maximum atomic E-state index is 12.7. The average Bonchev–Trinajstić information content (AvgIpc) is 2.84. The smallest absolute Gasteiger partial charge is 0.188 e. The lowest BCUT2D eigenvalue weighted by Crippen LogP contribution is -1.89. The van der Waals surface area contributed by atoms with E-state index in [1.54, 1.807) is 18.2 Å². The van der Waals surface area contributed by atoms with Gasteiger partial charge in [0, 0.05) is 16.6 Å². The fraction of sp³-hybridized carbons (Fsp3) is 0. The van der Waals surface area contributed by atoms with E-state index in [0.717, 1.165) is 9.65 Å². The molecule has 0 bridgehead atoms. The van der Waals surface area contributed by atoms with Crippen molar-refractivity contribution in [1.82, 2.24) is 14.2 Å². The van der Waals surface area contributed by atoms with Crippen LogP contribution >= 0.6 is 12.3 Å². The number of carbonyl (C=O) groups is 1. The summed E-state index contributed by atoms with van der Waals surface area (Å²) < 4.78 is 13.8. The quantitative estimate of drug-likeness (QED) is 0.592. The number of nitrogens with zero attached hydrogens (tertiary/aromatic N) is 3. The van der Waals surface area contributed by atoms with Gasteiger partial charge in [-0.1, -0.05) is 12.1 Å². The van der Waals surface area contributed by atoms with Crippen LogP contribution in [0.2, 0.25) is 0 Å². The molecule has 0 spiro atoms. The number of rotatable bonds is 3. The minimum absolute atomic E-state index is 0.0747. The number of halogens is 1. The second kappa shape index (κ2) is 4.93. The normalized spacial score (nSPS) is 10.8. The summed E-state index contributed by atoms with van der Waals surface area (Å²) in [7, 11) is 0. The first-order valence-corrected chi connectivity index (χ1v) is 6.39. The number of pyridine rings is 1. The minimum Gasteiger partial charge on any atom is -0.399 e. The first-order valence-electron chi connectivity index (χ1n) is 5.72. The van der Waals surface area contributed by atoms with Gasteiger partial charge >= 0.3 is 0 Å². The van der Waals surface area contributed by atoms with E-state index in [9.17, 15) is 8.68 Å². The third kappa shape index (κ3) is 2.01. The van der Waals surface area contributed by atoms with E-state index in [2.05, 4.69) is 10.1 Å². The van der Waals surface area contributed by atoms with Crippen LogP contribution in [-0.4, -0.2) is 20.5 Å². The zero-order chi connectivity index (χ0) is 14.1. The number of nitrogen functional groups attached to an aromatic ring is 1. The van der Waals surface area contributed by atoms with Crippen molar-refractivity contribution in [2.45, 2.75) is 0 Å². The van der Waals surface area contributed by atoms with Gasteiger partial charge in [0.05, 0.1) is 11.9 Å². The highest BCUT2D eigenvalue weighted by atomic mass is 32.2. The second-order valence-corrected chi connectivity index (χ2v) is 4.64. The van der Waals surface area contributed by atoms with Crippen LogP contribution in [0, 0.1) is 0 Å². The molecule has 3 rings (SSSR count). The summed E-state index contributed by atoms with van der Waals surface area (Å²) in [5, 5.41) is 4.40. The molecule has 0 atom stereocenters. The Morgan fingerprint density at radius 2 is 2.20 bits per heavy atom. The van der Waals surface area contributed by atoms with Gasteiger partial charge in [-0.3, -0.25) is 9.78 Å². The van der Waals surface area contributed by atoms with Gasteiger partial charge in [-0.05, 0) is 18.2 Å². The summed E-state index contributed by atoms with van der Waals surface area (Å²) in [6, 6.07) is 8.94. The molecule has 0 fully saturated rings. The van der Waals surface area contributed by atoms with Crippen LogP contribution < -0.4 is 5.73 Å². The van der Waals surface area contributed by atoms with Gasteiger partial charge in [0.25, 0.3) is 0 Å². The molecule has 2 aromatic heterocycles. The number of hydrogen-bond donors (Lipinski definition) is 1. The number of aldehydes is 1. The van der Waals surface area contributed by atoms with Crippen molar-refractivity contribution < 1.29 is 8.68 Å². The number of hydrogen-bond acceptors (Lipinski definition) is 5. The lowest BCUT2D eigenvalue weighted by molar-refractivity contribution is 0.112. The van der Waals surface area contributed by atoms with Gasteiger partial charge in [-0.15, -0.1) is 3.89 Å². The largest absolute Gasteiger partial charge is 0.399 e. The van der Waals surface area contributed by atoms with Gasteiger partial charge in [-0.2, -0.15) is 9.19 Å². The lowest BCUT2D eigenvalue weighted by Gasteiger charge is -2.02. The monoisotopic (exact) mass is 288 g/mol. The number of carbonyl (C=O) groups excluding carboxylic acids is 1. The maximum Gasteiger partial charge on any atom is 0.188 e. The summed E-state index contributed by atoms with van der Waals surface area (Å²) in [6.07, 6.45) is 2.08. The van der Waals surface area contributed by atoms with Gasteiger partial charge in [-0.25, -0.2) is 0 Å². The van der Waals surface area contributed by atoms with Crippen LogP contribution in [0.5, 0.6) is 0 Å². The SMILES string of the molecule is Nc1cccc(-c2cc3c(C=O)nn(SF)c3cn2)c1. The Hall–Kier alpha value is -2.41. The number of fused-ring (bicyclic) bond motifs is 1. The molecule has 1 aromatic carbocycles. The molecule has 0 aliphatic carbocycles. The Morgan fingerprint density at radius 1 is 1.35 bits per heavy atom. The number of anilines is 1. The molecule has 3 aromatic rings. The van der Waals surface area contributed by atoms with E-state index in [1.165, 1.54) is 6.20 Å².